The summed E-state index contributed by atoms with van der Waals surface area (Å²) in [7, 11) is 0. The van der Waals surface area contributed by atoms with Gasteiger partial charge in [0.15, 0.2) is 5.60 Å². The lowest BCUT2D eigenvalue weighted by molar-refractivity contribution is -0.152. The van der Waals surface area contributed by atoms with Crippen molar-refractivity contribution >= 4 is 11.9 Å². The van der Waals surface area contributed by atoms with Gasteiger partial charge in [0.1, 0.15) is 11.9 Å². The number of carboxylic acids is 1. The van der Waals surface area contributed by atoms with Crippen LogP contribution >= 0.6 is 0 Å². The molecule has 0 radical (unpaired) electrons. The van der Waals surface area contributed by atoms with Gasteiger partial charge in [0.2, 0.25) is 0 Å². The van der Waals surface area contributed by atoms with E-state index in [-0.39, 0.29) is 0 Å². The maximum Gasteiger partial charge on any atom is 0.347 e. The van der Waals surface area contributed by atoms with Crippen molar-refractivity contribution in [1.29, 1.82) is 0 Å². The van der Waals surface area contributed by atoms with Crippen LogP contribution in [0.5, 0.6) is 5.75 Å². The number of esters is 1. The third-order valence-corrected chi connectivity index (χ3v) is 5.48. The summed E-state index contributed by atoms with van der Waals surface area (Å²) in [5.41, 5.74) is 3.15. The molecule has 0 fully saturated rings. The van der Waals surface area contributed by atoms with Gasteiger partial charge in [-0.15, -0.1) is 0 Å². The second-order valence-electron chi connectivity index (χ2n) is 8.94. The van der Waals surface area contributed by atoms with E-state index < -0.39 is 23.6 Å². The minimum atomic E-state index is -1.37. The molecule has 1 N–H and O–H groups in total. The van der Waals surface area contributed by atoms with Crippen molar-refractivity contribution < 1.29 is 24.2 Å². The van der Waals surface area contributed by atoms with E-state index in [4.69, 9.17) is 14.6 Å². The van der Waals surface area contributed by atoms with Crippen molar-refractivity contribution in [2.24, 2.45) is 0 Å². The Morgan fingerprint density at radius 2 is 1.74 bits per heavy atom. The number of carbonyl (C=O) groups is 2. The molecule has 34 heavy (non-hydrogen) atoms. The highest BCUT2D eigenvalue weighted by atomic mass is 16.5. The van der Waals surface area contributed by atoms with Gasteiger partial charge in [0.05, 0.1) is 17.0 Å². The highest BCUT2D eigenvalue weighted by Gasteiger charge is 2.29. The summed E-state index contributed by atoms with van der Waals surface area (Å²) >= 11 is 0. The summed E-state index contributed by atoms with van der Waals surface area (Å²) in [6.45, 7) is 9.64. The van der Waals surface area contributed by atoms with E-state index in [9.17, 15) is 14.7 Å². The summed E-state index contributed by atoms with van der Waals surface area (Å²) < 4.78 is 13.1. The molecule has 3 rings (SSSR count). The number of nitrogens with zero attached hydrogens (tertiary/aromatic N) is 2. The van der Waals surface area contributed by atoms with Crippen molar-refractivity contribution in [3.05, 3.63) is 82.7 Å². The van der Waals surface area contributed by atoms with E-state index >= 15 is 0 Å². The molecule has 0 aliphatic heterocycles. The van der Waals surface area contributed by atoms with Crippen LogP contribution < -0.4 is 4.74 Å². The van der Waals surface area contributed by atoms with E-state index in [1.807, 2.05) is 17.7 Å². The fourth-order valence-electron chi connectivity index (χ4n) is 3.49. The molecule has 0 aliphatic rings. The summed E-state index contributed by atoms with van der Waals surface area (Å²) in [6.07, 6.45) is 1.13. The van der Waals surface area contributed by atoms with Crippen LogP contribution in [-0.4, -0.2) is 32.4 Å². The predicted molar refractivity (Wildman–Crippen MR) is 129 cm³/mol. The molecular formula is C27H32N2O5. The molecule has 1 heterocycles. The van der Waals surface area contributed by atoms with Gasteiger partial charge in [-0.2, -0.15) is 5.10 Å². The molecule has 0 spiro atoms. The van der Waals surface area contributed by atoms with Gasteiger partial charge in [0.25, 0.3) is 0 Å². The maximum atomic E-state index is 12.7. The molecule has 0 amide bonds. The molecule has 3 aromatic rings. The summed E-state index contributed by atoms with van der Waals surface area (Å²) in [4.78, 5) is 24.0. The predicted octanol–water partition coefficient (Wildman–Crippen LogP) is 5.35. The SMILES string of the molecule is CCCn1nc(Cc2ccc(C)cc2)cc1C(C)OC(=O)c1ccc(OC(C)(C)C(=O)O)cc1. The Balaban J connectivity index is 1.70. The van der Waals surface area contributed by atoms with Gasteiger partial charge in [-0.05, 0) is 70.0 Å². The van der Waals surface area contributed by atoms with E-state index in [1.54, 1.807) is 24.3 Å². The Labute approximate surface area is 200 Å². The Kier molecular flexibility index (Phi) is 7.76. The summed E-state index contributed by atoms with van der Waals surface area (Å²) in [5, 5.41) is 13.9. The fourth-order valence-corrected chi connectivity index (χ4v) is 3.49. The number of hydrogen-bond acceptors (Lipinski definition) is 5. The van der Waals surface area contributed by atoms with E-state index in [0.29, 0.717) is 17.7 Å². The van der Waals surface area contributed by atoms with Crippen LogP contribution in [0, 0.1) is 6.92 Å². The summed E-state index contributed by atoms with van der Waals surface area (Å²) in [5.74, 6) is -1.19. The lowest BCUT2D eigenvalue weighted by atomic mass is 10.1. The first kappa shape index (κ1) is 25.0. The minimum Gasteiger partial charge on any atom is -0.478 e. The average Bonchev–Trinajstić information content (AvgIpc) is 3.18. The van der Waals surface area contributed by atoms with Crippen molar-refractivity contribution in [2.45, 2.75) is 65.7 Å². The molecule has 7 nitrogen and oxygen atoms in total. The molecule has 180 valence electrons. The average molecular weight is 465 g/mol. The zero-order chi connectivity index (χ0) is 24.9. The Morgan fingerprint density at radius 3 is 2.32 bits per heavy atom. The van der Waals surface area contributed by atoms with Crippen molar-refractivity contribution in [2.75, 3.05) is 0 Å². The van der Waals surface area contributed by atoms with Gasteiger partial charge in [-0.3, -0.25) is 4.68 Å². The number of aryl methyl sites for hydroxylation is 2. The van der Waals surface area contributed by atoms with Crippen LogP contribution in [0.3, 0.4) is 0 Å². The highest BCUT2D eigenvalue weighted by Crippen LogP contribution is 2.24. The Hall–Kier alpha value is -3.61. The second kappa shape index (κ2) is 10.5. The van der Waals surface area contributed by atoms with E-state index in [0.717, 1.165) is 24.4 Å². The Morgan fingerprint density at radius 1 is 1.09 bits per heavy atom. The zero-order valence-corrected chi connectivity index (χ0v) is 20.4. The monoisotopic (exact) mass is 464 g/mol. The van der Waals surface area contributed by atoms with Crippen LogP contribution in [0.25, 0.3) is 0 Å². The van der Waals surface area contributed by atoms with Crippen molar-refractivity contribution in [3.8, 4) is 5.75 Å². The number of rotatable bonds is 10. The standard InChI is InChI=1S/C27H32N2O5/c1-6-15-29-24(17-22(28-29)16-20-9-7-18(2)8-10-20)19(3)33-25(30)21-11-13-23(14-12-21)34-27(4,5)26(31)32/h7-14,17,19H,6,15-16H2,1-5H3,(H,31,32). The molecule has 2 aromatic carbocycles. The summed E-state index contributed by atoms with van der Waals surface area (Å²) in [6, 6.07) is 16.6. The zero-order valence-electron chi connectivity index (χ0n) is 20.4. The normalized spacial score (nSPS) is 12.3. The molecular weight excluding hydrogens is 432 g/mol. The number of carboxylic acid groups (broad SMARTS) is 1. The quantitative estimate of drug-likeness (QED) is 0.407. The molecule has 1 unspecified atom stereocenters. The number of ether oxygens (including phenoxy) is 2. The number of benzene rings is 2. The van der Waals surface area contributed by atoms with Crippen molar-refractivity contribution in [3.63, 3.8) is 0 Å². The first-order valence-electron chi connectivity index (χ1n) is 11.4. The number of carbonyl (C=O) groups excluding carboxylic acids is 1. The third-order valence-electron chi connectivity index (χ3n) is 5.48. The highest BCUT2D eigenvalue weighted by molar-refractivity contribution is 5.89. The number of aromatic nitrogens is 2. The van der Waals surface area contributed by atoms with Gasteiger partial charge < -0.3 is 14.6 Å². The van der Waals surface area contributed by atoms with Crippen LogP contribution in [0.15, 0.2) is 54.6 Å². The lowest BCUT2D eigenvalue weighted by Crippen LogP contribution is -2.37. The second-order valence-corrected chi connectivity index (χ2v) is 8.94. The molecule has 1 atom stereocenters. The van der Waals surface area contributed by atoms with Crippen LogP contribution in [0.4, 0.5) is 0 Å². The fraction of sp³-hybridized carbons (Fsp3) is 0.370. The van der Waals surface area contributed by atoms with Gasteiger partial charge in [-0.1, -0.05) is 36.8 Å². The smallest absolute Gasteiger partial charge is 0.347 e. The van der Waals surface area contributed by atoms with Gasteiger partial charge in [0, 0.05) is 13.0 Å². The van der Waals surface area contributed by atoms with Gasteiger partial charge in [-0.25, -0.2) is 9.59 Å². The van der Waals surface area contributed by atoms with Gasteiger partial charge >= 0.3 is 11.9 Å². The first-order valence-corrected chi connectivity index (χ1v) is 11.4. The molecule has 0 saturated heterocycles. The molecule has 0 aliphatic carbocycles. The van der Waals surface area contributed by atoms with Crippen LogP contribution in [0.1, 0.15) is 73.1 Å². The molecule has 1 aromatic heterocycles. The lowest BCUT2D eigenvalue weighted by Gasteiger charge is -2.21. The largest absolute Gasteiger partial charge is 0.478 e. The Bertz CT molecular complexity index is 1130. The number of hydrogen-bond donors (Lipinski definition) is 1. The van der Waals surface area contributed by atoms with Crippen LogP contribution in [0.2, 0.25) is 0 Å². The molecule has 0 saturated carbocycles. The number of aliphatic carboxylic acids is 1. The molecule has 7 heteroatoms. The van der Waals surface area contributed by atoms with Crippen LogP contribution in [-0.2, 0) is 22.5 Å². The minimum absolute atomic E-state index is 0.355. The topological polar surface area (TPSA) is 90.7 Å². The van der Waals surface area contributed by atoms with E-state index in [1.165, 1.54) is 25.0 Å². The van der Waals surface area contributed by atoms with Crippen molar-refractivity contribution in [1.82, 2.24) is 9.78 Å². The maximum absolute atomic E-state index is 12.7. The molecule has 0 bridgehead atoms. The third kappa shape index (κ3) is 6.25. The van der Waals surface area contributed by atoms with E-state index in [2.05, 4.69) is 38.1 Å². The first-order chi connectivity index (χ1) is 16.1.